The molecular formula is C23H23N3O5. The van der Waals surface area contributed by atoms with Gasteiger partial charge in [0.2, 0.25) is 5.91 Å². The van der Waals surface area contributed by atoms with Crippen molar-refractivity contribution in [1.29, 1.82) is 0 Å². The first-order valence-electron chi connectivity index (χ1n) is 10.5. The number of nitrogens with one attached hydrogen (secondary N) is 1. The number of hydrogen-bond donors (Lipinski definition) is 1. The smallest absolute Gasteiger partial charge is 0.273 e. The van der Waals surface area contributed by atoms with Gasteiger partial charge in [0.15, 0.2) is 11.5 Å². The molecular weight excluding hydrogens is 398 g/mol. The van der Waals surface area contributed by atoms with Crippen LogP contribution in [0.1, 0.15) is 30.9 Å². The van der Waals surface area contributed by atoms with Crippen molar-refractivity contribution in [3.63, 3.8) is 0 Å². The number of aromatic nitrogens is 2. The van der Waals surface area contributed by atoms with Gasteiger partial charge in [-0.15, -0.1) is 0 Å². The highest BCUT2D eigenvalue weighted by Crippen LogP contribution is 2.38. The quantitative estimate of drug-likeness (QED) is 0.697. The average molecular weight is 421 g/mol. The van der Waals surface area contributed by atoms with Crippen molar-refractivity contribution in [3.05, 3.63) is 68.7 Å². The lowest BCUT2D eigenvalue weighted by Crippen LogP contribution is -2.34. The molecule has 0 radical (unpaired) electrons. The zero-order valence-electron chi connectivity index (χ0n) is 17.0. The van der Waals surface area contributed by atoms with Crippen molar-refractivity contribution in [2.75, 3.05) is 19.8 Å². The maximum Gasteiger partial charge on any atom is 0.273 e. The molecule has 8 nitrogen and oxygen atoms in total. The lowest BCUT2D eigenvalue weighted by molar-refractivity contribution is -0.132. The van der Waals surface area contributed by atoms with Crippen LogP contribution in [0.4, 0.5) is 0 Å². The first-order valence-corrected chi connectivity index (χ1v) is 10.5. The molecule has 1 aromatic heterocycles. The number of likely N-dealkylation sites (tertiary alicyclic amines) is 1. The topological polar surface area (TPSA) is 93.6 Å². The van der Waals surface area contributed by atoms with E-state index in [2.05, 4.69) is 5.10 Å². The fourth-order valence-electron chi connectivity index (χ4n) is 4.43. The molecule has 8 heteroatoms. The maximum atomic E-state index is 13.0. The summed E-state index contributed by atoms with van der Waals surface area (Å²) >= 11 is 0. The van der Waals surface area contributed by atoms with Crippen molar-refractivity contribution >= 4 is 16.7 Å². The Labute approximate surface area is 178 Å². The first kappa shape index (κ1) is 19.4. The van der Waals surface area contributed by atoms with E-state index in [0.29, 0.717) is 36.3 Å². The highest BCUT2D eigenvalue weighted by atomic mass is 16.6. The number of carbonyl (C=O) groups is 1. The second-order valence-electron chi connectivity index (χ2n) is 7.84. The molecule has 1 atom stereocenters. The molecule has 5 rings (SSSR count). The number of aromatic amines is 1. The summed E-state index contributed by atoms with van der Waals surface area (Å²) in [6, 6.07) is 12.5. The van der Waals surface area contributed by atoms with E-state index >= 15 is 0 Å². The van der Waals surface area contributed by atoms with Gasteiger partial charge in [-0.1, -0.05) is 18.2 Å². The van der Waals surface area contributed by atoms with E-state index in [0.717, 1.165) is 24.2 Å². The summed E-state index contributed by atoms with van der Waals surface area (Å²) in [4.78, 5) is 39.8. The minimum Gasteiger partial charge on any atom is -0.486 e. The number of fused-ring (bicyclic) bond motifs is 2. The Morgan fingerprint density at radius 2 is 1.81 bits per heavy atom. The normalized spacial score (nSPS) is 17.8. The van der Waals surface area contributed by atoms with Crippen LogP contribution in [-0.2, 0) is 11.3 Å². The van der Waals surface area contributed by atoms with Crippen LogP contribution in [-0.4, -0.2) is 40.3 Å². The minimum absolute atomic E-state index is 0.0318. The number of aryl methyl sites for hydroxylation is 1. The van der Waals surface area contributed by atoms with E-state index in [1.54, 1.807) is 24.3 Å². The van der Waals surface area contributed by atoms with Crippen LogP contribution in [0.25, 0.3) is 10.8 Å². The van der Waals surface area contributed by atoms with Gasteiger partial charge in [-0.25, -0.2) is 4.68 Å². The van der Waals surface area contributed by atoms with Crippen LogP contribution in [0.15, 0.2) is 52.1 Å². The second kappa shape index (κ2) is 7.94. The minimum atomic E-state index is -0.335. The van der Waals surface area contributed by atoms with Crippen LogP contribution >= 0.6 is 0 Å². The Hall–Kier alpha value is -3.55. The number of hydrogen-bond acceptors (Lipinski definition) is 5. The number of H-pyrrole nitrogens is 1. The van der Waals surface area contributed by atoms with Gasteiger partial charge in [-0.2, -0.15) is 0 Å². The summed E-state index contributed by atoms with van der Waals surface area (Å²) in [6.45, 7) is 1.85. The van der Waals surface area contributed by atoms with E-state index in [4.69, 9.17) is 9.47 Å². The van der Waals surface area contributed by atoms with Crippen LogP contribution in [0, 0.1) is 0 Å². The van der Waals surface area contributed by atoms with Crippen LogP contribution < -0.4 is 20.6 Å². The zero-order chi connectivity index (χ0) is 21.4. The molecule has 3 heterocycles. The molecule has 1 fully saturated rings. The summed E-state index contributed by atoms with van der Waals surface area (Å²) in [7, 11) is 0. The first-order chi connectivity index (χ1) is 15.1. The van der Waals surface area contributed by atoms with Crippen LogP contribution in [0.3, 0.4) is 0 Å². The highest BCUT2D eigenvalue weighted by Gasteiger charge is 2.30. The van der Waals surface area contributed by atoms with Crippen molar-refractivity contribution in [1.82, 2.24) is 14.7 Å². The lowest BCUT2D eigenvalue weighted by atomic mass is 10.0. The Morgan fingerprint density at radius 3 is 2.65 bits per heavy atom. The third-order valence-corrected chi connectivity index (χ3v) is 5.96. The number of nitrogens with zero attached hydrogens (tertiary/aromatic N) is 2. The number of rotatable bonds is 4. The Kier molecular flexibility index (Phi) is 4.97. The van der Waals surface area contributed by atoms with Gasteiger partial charge in [0, 0.05) is 13.0 Å². The van der Waals surface area contributed by atoms with Gasteiger partial charge < -0.3 is 14.4 Å². The molecule has 3 aromatic rings. The van der Waals surface area contributed by atoms with E-state index < -0.39 is 0 Å². The number of ether oxygens (including phenoxy) is 2. The maximum absolute atomic E-state index is 13.0. The largest absolute Gasteiger partial charge is 0.486 e. The monoisotopic (exact) mass is 421 g/mol. The van der Waals surface area contributed by atoms with Crippen molar-refractivity contribution in [2.24, 2.45) is 0 Å². The molecule has 1 N–H and O–H groups in total. The zero-order valence-corrected chi connectivity index (χ0v) is 17.0. The van der Waals surface area contributed by atoms with Gasteiger partial charge in [-0.3, -0.25) is 19.5 Å². The molecule has 0 bridgehead atoms. The third kappa shape index (κ3) is 3.58. The Morgan fingerprint density at radius 1 is 1.03 bits per heavy atom. The van der Waals surface area contributed by atoms with E-state index in [-0.39, 0.29) is 36.0 Å². The third-order valence-electron chi connectivity index (χ3n) is 5.96. The summed E-state index contributed by atoms with van der Waals surface area (Å²) in [6.07, 6.45) is 1.92. The SMILES string of the molecule is O=C(CCn1[nH]c(=O)c2ccccc2c1=O)N1CCC[C@@H]1c1ccc2c(c1)OCCO2. The highest BCUT2D eigenvalue weighted by molar-refractivity contribution is 5.80. The van der Waals surface area contributed by atoms with Gasteiger partial charge in [0.05, 0.1) is 23.4 Å². The van der Waals surface area contributed by atoms with Gasteiger partial charge >= 0.3 is 0 Å². The molecule has 0 spiro atoms. The molecule has 1 amide bonds. The van der Waals surface area contributed by atoms with Crippen molar-refractivity contribution < 1.29 is 14.3 Å². The summed E-state index contributed by atoms with van der Waals surface area (Å²) < 4.78 is 12.5. The van der Waals surface area contributed by atoms with E-state index in [1.807, 2.05) is 23.1 Å². The average Bonchev–Trinajstić information content (AvgIpc) is 3.30. The molecule has 0 aliphatic carbocycles. The van der Waals surface area contributed by atoms with Crippen LogP contribution in [0.2, 0.25) is 0 Å². The van der Waals surface area contributed by atoms with Crippen molar-refractivity contribution in [3.8, 4) is 11.5 Å². The molecule has 160 valence electrons. The fourth-order valence-corrected chi connectivity index (χ4v) is 4.43. The predicted octanol–water partition coefficient (Wildman–Crippen LogP) is 2.21. The fraction of sp³-hybridized carbons (Fsp3) is 0.348. The van der Waals surface area contributed by atoms with Gasteiger partial charge in [0.1, 0.15) is 13.2 Å². The second-order valence-corrected chi connectivity index (χ2v) is 7.84. The number of amides is 1. The standard InChI is InChI=1S/C23H23N3O5/c27-21(9-11-26-23(29)17-5-2-1-4-16(17)22(28)24-26)25-10-3-6-18(25)15-7-8-19-20(14-15)31-13-12-30-19/h1-2,4-5,7-8,14,18H,3,6,9-13H2,(H,24,28)/t18-/m1/s1. The summed E-state index contributed by atoms with van der Waals surface area (Å²) in [5, 5.41) is 3.30. The van der Waals surface area contributed by atoms with E-state index in [1.165, 1.54) is 4.68 Å². The van der Waals surface area contributed by atoms with Crippen molar-refractivity contribution in [2.45, 2.75) is 31.8 Å². The van der Waals surface area contributed by atoms with Gasteiger partial charge in [-0.05, 0) is 42.7 Å². The molecule has 2 aliphatic heterocycles. The van der Waals surface area contributed by atoms with Crippen LogP contribution in [0.5, 0.6) is 11.5 Å². The number of benzene rings is 2. The molecule has 2 aromatic carbocycles. The molecule has 0 unspecified atom stereocenters. The number of carbonyl (C=O) groups excluding carboxylic acids is 1. The summed E-state index contributed by atoms with van der Waals surface area (Å²) in [5.74, 6) is 1.40. The molecule has 1 saturated heterocycles. The Bertz CT molecular complexity index is 1260. The molecule has 0 saturated carbocycles. The predicted molar refractivity (Wildman–Crippen MR) is 115 cm³/mol. The molecule has 2 aliphatic rings. The van der Waals surface area contributed by atoms with E-state index in [9.17, 15) is 14.4 Å². The molecule has 31 heavy (non-hydrogen) atoms. The summed E-state index contributed by atoms with van der Waals surface area (Å²) in [5.41, 5.74) is 0.386. The lowest BCUT2D eigenvalue weighted by Gasteiger charge is -2.27. The van der Waals surface area contributed by atoms with Gasteiger partial charge in [0.25, 0.3) is 11.1 Å². The Balaban J connectivity index is 1.34.